The minimum Gasteiger partial charge on any atom is -0.346 e. The number of allylic oxidation sites excluding steroid dienone is 1. The maximum Gasteiger partial charge on any atom is 0.315 e. The number of amides is 5. The van der Waals surface area contributed by atoms with Crippen LogP contribution in [0.1, 0.15) is 77.0 Å². The van der Waals surface area contributed by atoms with Gasteiger partial charge >= 0.3 is 6.03 Å². The van der Waals surface area contributed by atoms with Gasteiger partial charge in [0.15, 0.2) is 0 Å². The van der Waals surface area contributed by atoms with Gasteiger partial charge in [-0.25, -0.2) is 4.79 Å². The molecule has 4 N–H and O–H groups in total. The Bertz CT molecular complexity index is 1190. The van der Waals surface area contributed by atoms with Crippen molar-refractivity contribution in [1.82, 2.24) is 26.2 Å². The number of carbonyl (C=O) groups is 5. The van der Waals surface area contributed by atoms with E-state index in [1.807, 2.05) is 0 Å². The predicted molar refractivity (Wildman–Crippen MR) is 172 cm³/mol. The number of Topliss-reactive ketones (excluding diaryl/α,β-unsaturated/α-hetero) is 1. The zero-order chi connectivity index (χ0) is 32.3. The number of urea groups is 1. The van der Waals surface area contributed by atoms with Crippen LogP contribution >= 0.6 is 23.2 Å². The number of alkyl halides is 2. The van der Waals surface area contributed by atoms with Crippen molar-refractivity contribution in [3.63, 3.8) is 0 Å². The van der Waals surface area contributed by atoms with Crippen LogP contribution in [0.4, 0.5) is 4.79 Å². The van der Waals surface area contributed by atoms with E-state index in [1.165, 1.54) is 17.4 Å². The van der Waals surface area contributed by atoms with Gasteiger partial charge in [0, 0.05) is 25.0 Å². The zero-order valence-electron chi connectivity index (χ0n) is 25.9. The van der Waals surface area contributed by atoms with Gasteiger partial charge in [-0.1, -0.05) is 37.8 Å². The van der Waals surface area contributed by atoms with Gasteiger partial charge in [0.1, 0.15) is 16.4 Å². The number of rotatable bonds is 13. The lowest BCUT2D eigenvalue weighted by Crippen LogP contribution is -2.61. The summed E-state index contributed by atoms with van der Waals surface area (Å²) in [6, 6.07) is -3.21. The fourth-order valence-electron chi connectivity index (χ4n) is 8.58. The van der Waals surface area contributed by atoms with Crippen LogP contribution in [-0.4, -0.2) is 76.0 Å². The fraction of sp³-hybridized carbons (Fsp3) is 0.727. The lowest BCUT2D eigenvalue weighted by Gasteiger charge is -2.44. The SMILES string of the molecule is C=CCCC(NC(=O)[C@@H]1[C@@H]2[C@H](CN1C(=O)[C@@H](NC(=O)NC1CC3CCC1C3)C1CCCCC1)CC2(Cl)Cl)C(=O)C(=O)NCC=C. The Morgan fingerprint density at radius 1 is 0.933 bits per heavy atom. The van der Waals surface area contributed by atoms with Gasteiger partial charge in [-0.15, -0.1) is 36.4 Å². The van der Waals surface area contributed by atoms with E-state index in [0.717, 1.165) is 51.4 Å². The van der Waals surface area contributed by atoms with Crippen LogP contribution < -0.4 is 21.3 Å². The van der Waals surface area contributed by atoms with Crippen LogP contribution in [-0.2, 0) is 19.2 Å². The van der Waals surface area contributed by atoms with Crippen molar-refractivity contribution in [2.24, 2.45) is 29.6 Å². The lowest BCUT2D eigenvalue weighted by molar-refractivity contribution is -0.144. The first kappa shape index (κ1) is 33.8. The average molecular weight is 665 g/mol. The molecule has 5 rings (SSSR count). The standard InChI is InChI=1S/C33H47Cl2N5O5/c1-3-5-11-23(28(41)30(43)36-14-4-2)37-29(42)27-25-22(17-33(25,34)35)18-40(27)31(44)26(20-9-7-6-8-10-20)39-32(45)38-24-16-19-12-13-21(24)15-19/h3-4,19-27H,1-2,5-18H2,(H,36,43)(H,37,42)(H2,38,39,45)/t19?,21?,22-,23?,24?,25-,26-,27-/m0/s1. The molecule has 248 valence electrons. The van der Waals surface area contributed by atoms with Crippen molar-refractivity contribution in [3.05, 3.63) is 25.3 Å². The highest BCUT2D eigenvalue weighted by Crippen LogP contribution is 2.58. The van der Waals surface area contributed by atoms with Crippen LogP contribution in [0.2, 0.25) is 0 Å². The molecule has 10 nitrogen and oxygen atoms in total. The van der Waals surface area contributed by atoms with E-state index >= 15 is 0 Å². The van der Waals surface area contributed by atoms with E-state index < -0.39 is 46.0 Å². The van der Waals surface area contributed by atoms with Crippen molar-refractivity contribution in [1.29, 1.82) is 0 Å². The van der Waals surface area contributed by atoms with Gasteiger partial charge in [0.25, 0.3) is 5.91 Å². The Labute approximate surface area is 275 Å². The van der Waals surface area contributed by atoms with Crippen LogP contribution in [0.3, 0.4) is 0 Å². The molecule has 4 aliphatic carbocycles. The van der Waals surface area contributed by atoms with Crippen molar-refractivity contribution < 1.29 is 24.0 Å². The molecular weight excluding hydrogens is 617 g/mol. The van der Waals surface area contributed by atoms with E-state index in [2.05, 4.69) is 34.4 Å². The molecule has 1 heterocycles. The molecule has 0 spiro atoms. The van der Waals surface area contributed by atoms with Crippen LogP contribution in [0.25, 0.3) is 0 Å². The van der Waals surface area contributed by atoms with Crippen molar-refractivity contribution in [2.75, 3.05) is 13.1 Å². The monoisotopic (exact) mass is 663 g/mol. The Hall–Kier alpha value is -2.59. The van der Waals surface area contributed by atoms with E-state index in [9.17, 15) is 24.0 Å². The summed E-state index contributed by atoms with van der Waals surface area (Å²) < 4.78 is -1.23. The van der Waals surface area contributed by atoms with Crippen LogP contribution in [0, 0.1) is 29.6 Å². The molecule has 5 aliphatic rings. The highest BCUT2D eigenvalue weighted by atomic mass is 35.5. The number of nitrogens with zero attached hydrogens (tertiary/aromatic N) is 1. The molecule has 0 radical (unpaired) electrons. The largest absolute Gasteiger partial charge is 0.346 e. The maximum absolute atomic E-state index is 14.5. The number of halogens is 2. The third-order valence-electron chi connectivity index (χ3n) is 10.8. The number of ketones is 1. The van der Waals surface area contributed by atoms with Crippen molar-refractivity contribution in [2.45, 2.75) is 106 Å². The summed E-state index contributed by atoms with van der Waals surface area (Å²) in [5.74, 6) is -2.12. The van der Waals surface area contributed by atoms with Crippen LogP contribution in [0.15, 0.2) is 25.3 Å². The normalized spacial score (nSPS) is 31.1. The van der Waals surface area contributed by atoms with Crippen molar-refractivity contribution in [3.8, 4) is 0 Å². The first-order chi connectivity index (χ1) is 21.5. The third-order valence-corrected chi connectivity index (χ3v) is 11.7. The second-order valence-corrected chi connectivity index (χ2v) is 15.3. The van der Waals surface area contributed by atoms with Gasteiger partial charge in [-0.3, -0.25) is 19.2 Å². The Balaban J connectivity index is 1.35. The Kier molecular flexibility index (Phi) is 10.8. The number of nitrogens with one attached hydrogen (secondary N) is 4. The summed E-state index contributed by atoms with van der Waals surface area (Å²) in [7, 11) is 0. The van der Waals surface area contributed by atoms with Gasteiger partial charge in [0.2, 0.25) is 17.6 Å². The van der Waals surface area contributed by atoms with E-state index in [4.69, 9.17) is 23.2 Å². The Morgan fingerprint density at radius 2 is 1.69 bits per heavy atom. The van der Waals surface area contributed by atoms with Gasteiger partial charge in [-0.2, -0.15) is 0 Å². The third kappa shape index (κ3) is 7.37. The van der Waals surface area contributed by atoms with E-state index in [-0.39, 0.29) is 49.3 Å². The minimum absolute atomic E-state index is 0.0637. The predicted octanol–water partition coefficient (Wildman–Crippen LogP) is 3.77. The van der Waals surface area contributed by atoms with Crippen LogP contribution in [0.5, 0.6) is 0 Å². The molecule has 0 aromatic heterocycles. The van der Waals surface area contributed by atoms with E-state index in [0.29, 0.717) is 24.7 Å². The first-order valence-corrected chi connectivity index (χ1v) is 17.4. The molecule has 8 atom stereocenters. The van der Waals surface area contributed by atoms with Gasteiger partial charge in [-0.05, 0) is 75.0 Å². The topological polar surface area (TPSA) is 137 Å². The average Bonchev–Trinajstić information content (AvgIpc) is 3.73. The molecule has 5 amide bonds. The number of fused-ring (bicyclic) bond motifs is 3. The fourth-order valence-corrected chi connectivity index (χ4v) is 9.57. The number of hydrogen-bond donors (Lipinski definition) is 4. The second kappa shape index (κ2) is 14.4. The summed E-state index contributed by atoms with van der Waals surface area (Å²) in [4.78, 5) is 68.9. The second-order valence-electron chi connectivity index (χ2n) is 13.8. The molecule has 4 saturated carbocycles. The van der Waals surface area contributed by atoms with E-state index in [1.54, 1.807) is 6.08 Å². The number of likely N-dealkylation sites (tertiary alicyclic amines) is 1. The Morgan fingerprint density at radius 3 is 2.31 bits per heavy atom. The van der Waals surface area contributed by atoms with Crippen molar-refractivity contribution >= 4 is 52.7 Å². The molecule has 12 heteroatoms. The summed E-state index contributed by atoms with van der Waals surface area (Å²) in [5, 5.41) is 11.4. The molecule has 45 heavy (non-hydrogen) atoms. The van der Waals surface area contributed by atoms with Gasteiger partial charge in [0.05, 0.1) is 6.04 Å². The molecule has 1 aliphatic heterocycles. The molecule has 2 bridgehead atoms. The first-order valence-electron chi connectivity index (χ1n) is 16.6. The number of hydrogen-bond acceptors (Lipinski definition) is 5. The molecule has 0 aromatic rings. The summed E-state index contributed by atoms with van der Waals surface area (Å²) in [5.41, 5.74) is 0. The minimum atomic E-state index is -1.23. The molecule has 4 unspecified atom stereocenters. The van der Waals surface area contributed by atoms with Gasteiger partial charge < -0.3 is 26.2 Å². The molecule has 0 aromatic carbocycles. The molecule has 5 fully saturated rings. The highest BCUT2D eigenvalue weighted by molar-refractivity contribution is 6.49. The summed E-state index contributed by atoms with van der Waals surface area (Å²) in [6.45, 7) is 7.61. The molecule has 1 saturated heterocycles. The quantitative estimate of drug-likeness (QED) is 0.135. The zero-order valence-corrected chi connectivity index (χ0v) is 27.4. The summed E-state index contributed by atoms with van der Waals surface area (Å²) >= 11 is 13.3. The molecular formula is C33H47Cl2N5O5. The lowest BCUT2D eigenvalue weighted by atomic mass is 9.71. The number of carbonyl (C=O) groups excluding carboxylic acids is 5. The summed E-state index contributed by atoms with van der Waals surface area (Å²) in [6.07, 6.45) is 13.1. The highest BCUT2D eigenvalue weighted by Gasteiger charge is 2.64. The smallest absolute Gasteiger partial charge is 0.315 e. The maximum atomic E-state index is 14.5.